The number of hydrogen-bond acceptors (Lipinski definition) is 1. The lowest BCUT2D eigenvalue weighted by Gasteiger charge is -2.31. The number of halogens is 1. The molecule has 0 radical (unpaired) electrons. The second-order valence-corrected chi connectivity index (χ2v) is 6.32. The van der Waals surface area contributed by atoms with Crippen molar-refractivity contribution in [3.8, 4) is 0 Å². The van der Waals surface area contributed by atoms with E-state index in [4.69, 9.17) is 0 Å². The summed E-state index contributed by atoms with van der Waals surface area (Å²) in [5, 5.41) is 0. The summed E-state index contributed by atoms with van der Waals surface area (Å²) in [7, 11) is 0. The van der Waals surface area contributed by atoms with Gasteiger partial charge in [-0.15, -0.1) is 0 Å². The van der Waals surface area contributed by atoms with Crippen LogP contribution >= 0.6 is 15.9 Å². The number of rotatable bonds is 2. The van der Waals surface area contributed by atoms with E-state index in [0.717, 1.165) is 18.5 Å². The lowest BCUT2D eigenvalue weighted by atomic mass is 9.85. The third-order valence-electron chi connectivity index (χ3n) is 4.46. The van der Waals surface area contributed by atoms with E-state index in [2.05, 4.69) is 45.1 Å². The highest BCUT2D eigenvalue weighted by Crippen LogP contribution is 2.37. The lowest BCUT2D eigenvalue weighted by Crippen LogP contribution is -2.34. The van der Waals surface area contributed by atoms with Gasteiger partial charge in [0, 0.05) is 17.1 Å². The Bertz CT molecular complexity index is 390. The first-order chi connectivity index (χ1) is 8.34. The van der Waals surface area contributed by atoms with Crippen LogP contribution in [0.5, 0.6) is 0 Å². The van der Waals surface area contributed by atoms with E-state index in [-0.39, 0.29) is 0 Å². The fourth-order valence-electron chi connectivity index (χ4n) is 3.54. The summed E-state index contributed by atoms with van der Waals surface area (Å²) in [4.78, 5) is 2.71. The quantitative estimate of drug-likeness (QED) is 0.789. The number of benzene rings is 1. The van der Waals surface area contributed by atoms with Gasteiger partial charge in [0.1, 0.15) is 0 Å². The molecule has 92 valence electrons. The zero-order valence-corrected chi connectivity index (χ0v) is 11.8. The minimum absolute atomic E-state index is 0.871. The van der Waals surface area contributed by atoms with Crippen LogP contribution in [-0.2, 0) is 6.54 Å². The molecule has 1 aromatic rings. The van der Waals surface area contributed by atoms with Crippen LogP contribution in [0.1, 0.15) is 37.7 Å². The van der Waals surface area contributed by atoms with Crippen LogP contribution in [0.3, 0.4) is 0 Å². The molecule has 0 amide bonds. The monoisotopic (exact) mass is 293 g/mol. The van der Waals surface area contributed by atoms with E-state index in [0.29, 0.717) is 0 Å². The van der Waals surface area contributed by atoms with Crippen molar-refractivity contribution in [2.75, 3.05) is 6.54 Å². The summed E-state index contributed by atoms with van der Waals surface area (Å²) in [6.45, 7) is 2.43. The van der Waals surface area contributed by atoms with Crippen molar-refractivity contribution in [2.45, 2.75) is 44.7 Å². The fourth-order valence-corrected chi connectivity index (χ4v) is 3.95. The van der Waals surface area contributed by atoms with Crippen molar-refractivity contribution in [3.05, 3.63) is 34.3 Å². The fraction of sp³-hybridized carbons (Fsp3) is 0.600. The molecule has 1 aliphatic heterocycles. The second-order valence-electron chi connectivity index (χ2n) is 5.46. The zero-order valence-electron chi connectivity index (χ0n) is 10.2. The van der Waals surface area contributed by atoms with Gasteiger partial charge in [0.15, 0.2) is 0 Å². The highest BCUT2D eigenvalue weighted by molar-refractivity contribution is 9.10. The van der Waals surface area contributed by atoms with Crippen molar-refractivity contribution in [3.63, 3.8) is 0 Å². The maximum Gasteiger partial charge on any atom is 0.0247 e. The first-order valence-electron chi connectivity index (χ1n) is 6.82. The maximum atomic E-state index is 3.66. The first kappa shape index (κ1) is 11.7. The number of likely N-dealkylation sites (tertiary alicyclic amines) is 1. The second kappa shape index (κ2) is 5.11. The molecule has 0 aromatic heterocycles. The van der Waals surface area contributed by atoms with E-state index in [9.17, 15) is 0 Å². The average molecular weight is 294 g/mol. The third-order valence-corrected chi connectivity index (χ3v) is 5.23. The normalized spacial score (nSPS) is 29.2. The van der Waals surface area contributed by atoms with Gasteiger partial charge >= 0.3 is 0 Å². The molecule has 1 aliphatic carbocycles. The van der Waals surface area contributed by atoms with Gasteiger partial charge in [-0.2, -0.15) is 0 Å². The molecule has 1 saturated carbocycles. The predicted octanol–water partition coefficient (Wildman–Crippen LogP) is 4.21. The van der Waals surface area contributed by atoms with Gasteiger partial charge in [-0.25, -0.2) is 0 Å². The van der Waals surface area contributed by atoms with Crippen molar-refractivity contribution < 1.29 is 0 Å². The van der Waals surface area contributed by atoms with E-state index in [1.165, 1.54) is 48.7 Å². The Morgan fingerprint density at radius 1 is 1.12 bits per heavy atom. The van der Waals surface area contributed by atoms with Crippen molar-refractivity contribution >= 4 is 15.9 Å². The lowest BCUT2D eigenvalue weighted by molar-refractivity contribution is 0.175. The summed E-state index contributed by atoms with van der Waals surface area (Å²) in [5.74, 6) is 0.992. The molecule has 0 N–H and O–H groups in total. The molecule has 1 aromatic carbocycles. The molecule has 0 bridgehead atoms. The summed E-state index contributed by atoms with van der Waals surface area (Å²) in [6, 6.07) is 9.52. The molecule has 2 aliphatic rings. The van der Waals surface area contributed by atoms with Crippen LogP contribution in [0.15, 0.2) is 28.7 Å². The Morgan fingerprint density at radius 3 is 2.82 bits per heavy atom. The van der Waals surface area contributed by atoms with Crippen LogP contribution in [0, 0.1) is 5.92 Å². The van der Waals surface area contributed by atoms with Crippen LogP contribution in [0.2, 0.25) is 0 Å². The Morgan fingerprint density at radius 2 is 1.94 bits per heavy atom. The largest absolute Gasteiger partial charge is 0.296 e. The molecule has 3 rings (SSSR count). The minimum Gasteiger partial charge on any atom is -0.296 e. The van der Waals surface area contributed by atoms with Gasteiger partial charge in [0.2, 0.25) is 0 Å². The molecular formula is C15H20BrN. The van der Waals surface area contributed by atoms with E-state index in [1.807, 2.05) is 0 Å². The summed E-state index contributed by atoms with van der Waals surface area (Å²) < 4.78 is 1.26. The van der Waals surface area contributed by atoms with Gasteiger partial charge in [-0.3, -0.25) is 4.90 Å². The number of fused-ring (bicyclic) bond motifs is 1. The van der Waals surface area contributed by atoms with Gasteiger partial charge in [0.25, 0.3) is 0 Å². The molecule has 17 heavy (non-hydrogen) atoms. The minimum atomic E-state index is 0.871. The molecule has 2 fully saturated rings. The Balaban J connectivity index is 1.71. The molecule has 1 heterocycles. The first-order valence-corrected chi connectivity index (χ1v) is 7.61. The van der Waals surface area contributed by atoms with Crippen LogP contribution in [-0.4, -0.2) is 17.5 Å². The van der Waals surface area contributed by atoms with Crippen LogP contribution in [0.4, 0.5) is 0 Å². The van der Waals surface area contributed by atoms with Gasteiger partial charge < -0.3 is 0 Å². The SMILES string of the molecule is Brc1ccccc1CN1CCC2CCCCC21. The van der Waals surface area contributed by atoms with Crippen molar-refractivity contribution in [1.82, 2.24) is 4.90 Å². The summed E-state index contributed by atoms with van der Waals surface area (Å²) in [5.41, 5.74) is 1.44. The van der Waals surface area contributed by atoms with Crippen LogP contribution in [0.25, 0.3) is 0 Å². The van der Waals surface area contributed by atoms with Gasteiger partial charge in [-0.1, -0.05) is 47.0 Å². The maximum absolute atomic E-state index is 3.66. The van der Waals surface area contributed by atoms with Crippen molar-refractivity contribution in [2.24, 2.45) is 5.92 Å². The van der Waals surface area contributed by atoms with E-state index >= 15 is 0 Å². The summed E-state index contributed by atoms with van der Waals surface area (Å²) >= 11 is 3.66. The van der Waals surface area contributed by atoms with E-state index in [1.54, 1.807) is 0 Å². The van der Waals surface area contributed by atoms with Gasteiger partial charge in [0.05, 0.1) is 0 Å². The zero-order chi connectivity index (χ0) is 11.7. The molecule has 2 atom stereocenters. The molecule has 1 saturated heterocycles. The van der Waals surface area contributed by atoms with Gasteiger partial charge in [-0.05, 0) is 43.4 Å². The smallest absolute Gasteiger partial charge is 0.0247 e. The highest BCUT2D eigenvalue weighted by Gasteiger charge is 2.35. The highest BCUT2D eigenvalue weighted by atomic mass is 79.9. The topological polar surface area (TPSA) is 3.24 Å². The number of hydrogen-bond donors (Lipinski definition) is 0. The Labute approximate surface area is 112 Å². The molecule has 2 unspecified atom stereocenters. The molecule has 2 heteroatoms. The standard InChI is InChI=1S/C15H20BrN/c16-14-7-3-1-6-13(14)11-17-10-9-12-5-2-4-8-15(12)17/h1,3,6-7,12,15H,2,4-5,8-11H2. The predicted molar refractivity (Wildman–Crippen MR) is 74.9 cm³/mol. The molecule has 1 nitrogen and oxygen atoms in total. The average Bonchev–Trinajstić information content (AvgIpc) is 2.76. The van der Waals surface area contributed by atoms with E-state index < -0.39 is 0 Å². The number of nitrogens with zero attached hydrogens (tertiary/aromatic N) is 1. The van der Waals surface area contributed by atoms with Crippen molar-refractivity contribution in [1.29, 1.82) is 0 Å². The molecular weight excluding hydrogens is 274 g/mol. The molecule has 0 spiro atoms. The summed E-state index contributed by atoms with van der Waals surface area (Å²) in [6.07, 6.45) is 7.22. The Hall–Kier alpha value is -0.340. The third kappa shape index (κ3) is 2.43. The Kier molecular flexibility index (Phi) is 3.53. The van der Waals surface area contributed by atoms with Crippen LogP contribution < -0.4 is 0 Å².